The predicted octanol–water partition coefficient (Wildman–Crippen LogP) is 2.91. The van der Waals surface area contributed by atoms with Crippen LogP contribution in [0.5, 0.6) is 0 Å². The Morgan fingerprint density at radius 2 is 2.04 bits per heavy atom. The third-order valence-electron chi connectivity index (χ3n) is 4.13. The van der Waals surface area contributed by atoms with Crippen LogP contribution in [-0.4, -0.2) is 21.5 Å². The van der Waals surface area contributed by atoms with Crippen molar-refractivity contribution in [1.82, 2.24) is 15.0 Å². The Bertz CT molecular complexity index is 875. The van der Waals surface area contributed by atoms with E-state index in [1.807, 2.05) is 29.5 Å². The van der Waals surface area contributed by atoms with Gasteiger partial charge < -0.3 is 5.32 Å². The molecule has 0 fully saturated rings. The lowest BCUT2D eigenvalue weighted by molar-refractivity contribution is 0.680. The van der Waals surface area contributed by atoms with Crippen molar-refractivity contribution < 1.29 is 0 Å². The minimum Gasteiger partial charge on any atom is -0.355 e. The van der Waals surface area contributed by atoms with Crippen molar-refractivity contribution in [3.05, 3.63) is 50.2 Å². The number of benzene rings is 1. The molecule has 6 heteroatoms. The molecule has 2 N–H and O–H groups in total. The van der Waals surface area contributed by atoms with Crippen molar-refractivity contribution in [2.45, 2.75) is 32.1 Å². The molecular weight excluding hydrogens is 308 g/mol. The number of hydrogen-bond acceptors (Lipinski definition) is 5. The molecule has 0 saturated carbocycles. The Balaban J connectivity index is 1.45. The Labute approximate surface area is 137 Å². The van der Waals surface area contributed by atoms with Gasteiger partial charge in [0.05, 0.1) is 21.6 Å². The van der Waals surface area contributed by atoms with E-state index in [0.717, 1.165) is 12.8 Å². The topological polar surface area (TPSA) is 70.7 Å². The smallest absolute Gasteiger partial charge is 0.260 e. The van der Waals surface area contributed by atoms with E-state index in [4.69, 9.17) is 4.98 Å². The van der Waals surface area contributed by atoms with Crippen LogP contribution in [-0.2, 0) is 19.3 Å². The van der Waals surface area contributed by atoms with E-state index in [0.29, 0.717) is 23.4 Å². The van der Waals surface area contributed by atoms with Gasteiger partial charge in [0.25, 0.3) is 5.56 Å². The molecule has 0 aliphatic heterocycles. The number of anilines is 1. The second-order valence-electron chi connectivity index (χ2n) is 5.79. The number of nitrogens with one attached hydrogen (secondary N) is 2. The van der Waals surface area contributed by atoms with Crippen molar-refractivity contribution in [1.29, 1.82) is 0 Å². The number of H-pyrrole nitrogens is 1. The minimum absolute atomic E-state index is 0.109. The van der Waals surface area contributed by atoms with Gasteiger partial charge in [-0.15, -0.1) is 11.3 Å². The van der Waals surface area contributed by atoms with Gasteiger partial charge in [0.15, 0.2) is 0 Å². The SMILES string of the molecule is O=c1[nH]c(NCCc2nc3c(s2)CCCC3)nc2ccccc12. The van der Waals surface area contributed by atoms with E-state index >= 15 is 0 Å². The molecular formula is C17H18N4OS. The molecule has 0 unspecified atom stereocenters. The summed E-state index contributed by atoms with van der Waals surface area (Å²) in [4.78, 5) is 25.5. The van der Waals surface area contributed by atoms with Crippen LogP contribution < -0.4 is 10.9 Å². The number of aryl methyl sites for hydroxylation is 2. The minimum atomic E-state index is -0.109. The quantitative estimate of drug-likeness (QED) is 0.773. The molecule has 0 saturated heterocycles. The molecule has 23 heavy (non-hydrogen) atoms. The van der Waals surface area contributed by atoms with Crippen molar-refractivity contribution in [3.63, 3.8) is 0 Å². The van der Waals surface area contributed by atoms with Crippen LogP contribution in [0.15, 0.2) is 29.1 Å². The zero-order valence-corrected chi connectivity index (χ0v) is 13.6. The Morgan fingerprint density at radius 1 is 1.17 bits per heavy atom. The van der Waals surface area contributed by atoms with Crippen LogP contribution in [0.2, 0.25) is 0 Å². The summed E-state index contributed by atoms with van der Waals surface area (Å²) in [6, 6.07) is 7.37. The second-order valence-corrected chi connectivity index (χ2v) is 6.96. The first-order valence-corrected chi connectivity index (χ1v) is 8.81. The number of nitrogens with zero attached hydrogens (tertiary/aromatic N) is 2. The zero-order valence-electron chi connectivity index (χ0n) is 12.8. The van der Waals surface area contributed by atoms with Gasteiger partial charge in [-0.05, 0) is 37.8 Å². The van der Waals surface area contributed by atoms with Crippen LogP contribution in [0.4, 0.5) is 5.95 Å². The third kappa shape index (κ3) is 2.99. The summed E-state index contributed by atoms with van der Waals surface area (Å²) in [5, 5.41) is 5.00. The Kier molecular flexibility index (Phi) is 3.83. The molecule has 1 aliphatic carbocycles. The van der Waals surface area contributed by atoms with Crippen molar-refractivity contribution >= 4 is 28.2 Å². The fourth-order valence-corrected chi connectivity index (χ4v) is 4.13. The standard InChI is InChI=1S/C17H18N4OS/c22-16-11-5-1-2-6-12(11)20-17(21-16)18-10-9-15-19-13-7-3-4-8-14(13)23-15/h1-2,5-6H,3-4,7-10H2,(H2,18,20,21,22). The average Bonchev–Trinajstić information content (AvgIpc) is 2.98. The molecule has 0 amide bonds. The highest BCUT2D eigenvalue weighted by atomic mass is 32.1. The normalized spacial score (nSPS) is 13.9. The van der Waals surface area contributed by atoms with E-state index in [2.05, 4.69) is 15.3 Å². The van der Waals surface area contributed by atoms with Gasteiger partial charge >= 0.3 is 0 Å². The molecule has 0 radical (unpaired) electrons. The lowest BCUT2D eigenvalue weighted by atomic mass is 10.0. The lowest BCUT2D eigenvalue weighted by Gasteiger charge is -2.06. The molecule has 1 aliphatic rings. The number of fused-ring (bicyclic) bond motifs is 2. The predicted molar refractivity (Wildman–Crippen MR) is 93.3 cm³/mol. The number of aromatic amines is 1. The van der Waals surface area contributed by atoms with Crippen LogP contribution >= 0.6 is 11.3 Å². The number of thiazole rings is 1. The number of rotatable bonds is 4. The van der Waals surface area contributed by atoms with E-state index < -0.39 is 0 Å². The molecule has 3 aromatic rings. The Hall–Kier alpha value is -2.21. The van der Waals surface area contributed by atoms with Gasteiger partial charge in [0.1, 0.15) is 0 Å². The molecule has 4 rings (SSSR count). The van der Waals surface area contributed by atoms with Crippen molar-refractivity contribution in [2.75, 3.05) is 11.9 Å². The molecule has 0 spiro atoms. The summed E-state index contributed by atoms with van der Waals surface area (Å²) < 4.78 is 0. The molecule has 118 valence electrons. The molecule has 2 heterocycles. The maximum atomic E-state index is 12.0. The highest BCUT2D eigenvalue weighted by molar-refractivity contribution is 7.11. The van der Waals surface area contributed by atoms with E-state index in [-0.39, 0.29) is 5.56 Å². The molecule has 0 bridgehead atoms. The van der Waals surface area contributed by atoms with Gasteiger partial charge in [-0.1, -0.05) is 12.1 Å². The number of hydrogen-bond donors (Lipinski definition) is 2. The molecule has 0 atom stereocenters. The van der Waals surface area contributed by atoms with E-state index in [1.54, 1.807) is 6.07 Å². The summed E-state index contributed by atoms with van der Waals surface area (Å²) in [5.74, 6) is 0.523. The summed E-state index contributed by atoms with van der Waals surface area (Å²) >= 11 is 1.83. The Morgan fingerprint density at radius 3 is 2.96 bits per heavy atom. The van der Waals surface area contributed by atoms with Crippen molar-refractivity contribution in [2.24, 2.45) is 0 Å². The first kappa shape index (κ1) is 14.4. The molecule has 5 nitrogen and oxygen atoms in total. The maximum absolute atomic E-state index is 12.0. The fraction of sp³-hybridized carbons (Fsp3) is 0.353. The molecule has 1 aromatic carbocycles. The lowest BCUT2D eigenvalue weighted by Crippen LogP contribution is -2.14. The summed E-state index contributed by atoms with van der Waals surface area (Å²) in [5.41, 5.74) is 1.90. The highest BCUT2D eigenvalue weighted by Gasteiger charge is 2.14. The van der Waals surface area contributed by atoms with Gasteiger partial charge in [-0.2, -0.15) is 0 Å². The second kappa shape index (κ2) is 6.12. The first-order valence-electron chi connectivity index (χ1n) is 8.00. The average molecular weight is 326 g/mol. The number of para-hydroxylation sites is 1. The first-order chi connectivity index (χ1) is 11.3. The summed E-state index contributed by atoms with van der Waals surface area (Å²) in [6.45, 7) is 0.716. The monoisotopic (exact) mass is 326 g/mol. The maximum Gasteiger partial charge on any atom is 0.260 e. The fourth-order valence-electron chi connectivity index (χ4n) is 2.97. The summed E-state index contributed by atoms with van der Waals surface area (Å²) in [7, 11) is 0. The van der Waals surface area contributed by atoms with Crippen LogP contribution in [0, 0.1) is 0 Å². The van der Waals surface area contributed by atoms with Gasteiger partial charge in [0.2, 0.25) is 5.95 Å². The van der Waals surface area contributed by atoms with Gasteiger partial charge in [-0.3, -0.25) is 9.78 Å². The summed E-state index contributed by atoms with van der Waals surface area (Å²) in [6.07, 6.45) is 5.71. The van der Waals surface area contributed by atoms with Crippen LogP contribution in [0.25, 0.3) is 10.9 Å². The third-order valence-corrected chi connectivity index (χ3v) is 5.35. The number of aromatic nitrogens is 3. The largest absolute Gasteiger partial charge is 0.355 e. The van der Waals surface area contributed by atoms with Crippen molar-refractivity contribution in [3.8, 4) is 0 Å². The molecule has 2 aromatic heterocycles. The highest BCUT2D eigenvalue weighted by Crippen LogP contribution is 2.26. The van der Waals surface area contributed by atoms with Gasteiger partial charge in [0, 0.05) is 17.8 Å². The van der Waals surface area contributed by atoms with E-state index in [9.17, 15) is 4.79 Å². The zero-order chi connectivity index (χ0) is 15.6. The van der Waals surface area contributed by atoms with Crippen LogP contribution in [0.1, 0.15) is 28.4 Å². The van der Waals surface area contributed by atoms with Crippen LogP contribution in [0.3, 0.4) is 0 Å². The van der Waals surface area contributed by atoms with E-state index in [1.165, 1.54) is 34.8 Å². The van der Waals surface area contributed by atoms with Gasteiger partial charge in [-0.25, -0.2) is 9.97 Å².